The first kappa shape index (κ1) is 18.6. The van der Waals surface area contributed by atoms with E-state index in [9.17, 15) is 4.79 Å². The van der Waals surface area contributed by atoms with Crippen molar-refractivity contribution in [2.45, 2.75) is 18.1 Å². The molecule has 134 valence electrons. The van der Waals surface area contributed by atoms with Crippen molar-refractivity contribution in [3.63, 3.8) is 0 Å². The van der Waals surface area contributed by atoms with Gasteiger partial charge in [-0.3, -0.25) is 9.20 Å². The Kier molecular flexibility index (Phi) is 6.04. The minimum Gasteiger partial charge on any atom is -0.467 e. The lowest BCUT2D eigenvalue weighted by Crippen LogP contribution is -2.32. The molecule has 0 aliphatic heterocycles. The molecule has 3 aromatic rings. The van der Waals surface area contributed by atoms with Crippen LogP contribution in [0.15, 0.2) is 40.2 Å². The van der Waals surface area contributed by atoms with Crippen LogP contribution in [-0.4, -0.2) is 37.7 Å². The summed E-state index contributed by atoms with van der Waals surface area (Å²) in [5, 5.41) is 18.2. The highest BCUT2D eigenvalue weighted by Gasteiger charge is 2.18. The topological polar surface area (TPSA) is 87.4 Å². The van der Waals surface area contributed by atoms with Crippen LogP contribution in [0.2, 0.25) is 10.0 Å². The molecule has 0 saturated carbocycles. The Labute approximate surface area is 163 Å². The van der Waals surface area contributed by atoms with Gasteiger partial charge in [-0.25, -0.2) is 0 Å². The quantitative estimate of drug-likeness (QED) is 0.553. The summed E-state index contributed by atoms with van der Waals surface area (Å²) in [4.78, 5) is 14.2. The number of hydrogen-bond acceptors (Lipinski definition) is 6. The molecule has 0 spiro atoms. The zero-order chi connectivity index (χ0) is 18.5. The molecule has 10 heteroatoms. The lowest BCUT2D eigenvalue weighted by Gasteiger charge is -2.20. The summed E-state index contributed by atoms with van der Waals surface area (Å²) >= 11 is 13.3. The Morgan fingerprint density at radius 1 is 1.42 bits per heavy atom. The molecule has 26 heavy (non-hydrogen) atoms. The van der Waals surface area contributed by atoms with Crippen molar-refractivity contribution in [2.24, 2.45) is 0 Å². The fourth-order valence-electron chi connectivity index (χ4n) is 2.29. The number of carbonyl (C=O) groups is 1. The van der Waals surface area contributed by atoms with Crippen LogP contribution in [0.5, 0.6) is 0 Å². The second kappa shape index (κ2) is 8.45. The molecule has 0 aliphatic carbocycles. The van der Waals surface area contributed by atoms with Gasteiger partial charge in [0.1, 0.15) is 5.76 Å². The van der Waals surface area contributed by atoms with Gasteiger partial charge in [-0.05, 0) is 18.2 Å². The number of pyridine rings is 1. The number of thioether (sulfide) groups is 1. The third kappa shape index (κ3) is 4.30. The average molecular weight is 410 g/mol. The smallest absolute Gasteiger partial charge is 0.233 e. The molecule has 0 bridgehead atoms. The number of nitriles is 1. The highest BCUT2D eigenvalue weighted by molar-refractivity contribution is 7.99. The average Bonchev–Trinajstić information content (AvgIpc) is 3.26. The summed E-state index contributed by atoms with van der Waals surface area (Å²) in [6, 6.07) is 7.18. The van der Waals surface area contributed by atoms with Gasteiger partial charge in [0, 0.05) is 12.7 Å². The summed E-state index contributed by atoms with van der Waals surface area (Å²) < 4.78 is 6.94. The number of amides is 1. The molecule has 0 aliphatic rings. The third-order valence-electron chi connectivity index (χ3n) is 3.49. The molecule has 0 aromatic carbocycles. The van der Waals surface area contributed by atoms with Crippen LogP contribution in [0.4, 0.5) is 0 Å². The first-order valence-electron chi connectivity index (χ1n) is 7.58. The minimum atomic E-state index is -0.133. The first-order valence-corrected chi connectivity index (χ1v) is 9.32. The Balaban J connectivity index is 1.70. The van der Waals surface area contributed by atoms with Crippen LogP contribution >= 0.6 is 35.0 Å². The maximum Gasteiger partial charge on any atom is 0.233 e. The second-order valence-corrected chi connectivity index (χ2v) is 7.06. The lowest BCUT2D eigenvalue weighted by molar-refractivity contribution is -0.129. The number of carbonyl (C=O) groups excluding carboxylic acids is 1. The van der Waals surface area contributed by atoms with Crippen molar-refractivity contribution < 1.29 is 9.21 Å². The zero-order valence-corrected chi connectivity index (χ0v) is 15.8. The van der Waals surface area contributed by atoms with Gasteiger partial charge < -0.3 is 9.32 Å². The summed E-state index contributed by atoms with van der Waals surface area (Å²) in [5.41, 5.74) is 0.475. The number of furan rings is 1. The largest absolute Gasteiger partial charge is 0.467 e. The minimum absolute atomic E-state index is 0.133. The Morgan fingerprint density at radius 2 is 2.27 bits per heavy atom. The highest BCUT2D eigenvalue weighted by Crippen LogP contribution is 2.25. The van der Waals surface area contributed by atoms with Gasteiger partial charge in [-0.1, -0.05) is 35.0 Å². The summed E-state index contributed by atoms with van der Waals surface area (Å²) in [5.74, 6) is 0.663. The molecule has 7 nitrogen and oxygen atoms in total. The number of rotatable bonds is 7. The van der Waals surface area contributed by atoms with Gasteiger partial charge in [0.05, 0.1) is 41.1 Å². The van der Waals surface area contributed by atoms with Crippen LogP contribution < -0.4 is 0 Å². The van der Waals surface area contributed by atoms with Crippen molar-refractivity contribution in [2.75, 3.05) is 12.3 Å². The van der Waals surface area contributed by atoms with Crippen molar-refractivity contribution in [1.82, 2.24) is 19.5 Å². The Morgan fingerprint density at radius 3 is 3.00 bits per heavy atom. The van der Waals surface area contributed by atoms with Gasteiger partial charge in [-0.2, -0.15) is 5.26 Å². The van der Waals surface area contributed by atoms with Crippen molar-refractivity contribution >= 4 is 46.5 Å². The van der Waals surface area contributed by atoms with Gasteiger partial charge in [0.25, 0.3) is 0 Å². The van der Waals surface area contributed by atoms with Gasteiger partial charge in [-0.15, -0.1) is 10.2 Å². The monoisotopic (exact) mass is 409 g/mol. The van der Waals surface area contributed by atoms with Crippen LogP contribution in [-0.2, 0) is 11.3 Å². The maximum absolute atomic E-state index is 12.6. The fourth-order valence-corrected chi connectivity index (χ4v) is 3.61. The second-order valence-electron chi connectivity index (χ2n) is 5.27. The maximum atomic E-state index is 12.6. The summed E-state index contributed by atoms with van der Waals surface area (Å²) in [6.07, 6.45) is 3.44. The standard InChI is InChI=1S/C16H13Cl2N5O2S/c17-11-7-13(18)15-20-21-16(23(15)8-11)26-10-14(24)22(5-2-4-19)9-12-3-1-6-25-12/h1,3,6-8H,2,5,9-10H2. The van der Waals surface area contributed by atoms with E-state index in [0.29, 0.717) is 39.7 Å². The molecule has 3 aromatic heterocycles. The molecule has 0 saturated heterocycles. The molecular formula is C16H13Cl2N5O2S. The van der Waals surface area contributed by atoms with E-state index < -0.39 is 0 Å². The fraction of sp³-hybridized carbons (Fsp3) is 0.250. The summed E-state index contributed by atoms with van der Waals surface area (Å²) in [7, 11) is 0. The number of nitrogens with zero attached hydrogens (tertiary/aromatic N) is 5. The van der Waals surface area contributed by atoms with Crippen LogP contribution in [0, 0.1) is 11.3 Å². The van der Waals surface area contributed by atoms with Gasteiger partial charge >= 0.3 is 0 Å². The number of fused-ring (bicyclic) bond motifs is 1. The Bertz CT molecular complexity index is 952. The molecule has 1 amide bonds. The predicted octanol–water partition coefficient (Wildman–Crippen LogP) is 3.66. The molecule has 0 N–H and O–H groups in total. The third-order valence-corrected chi connectivity index (χ3v) is 4.91. The van der Waals surface area contributed by atoms with Gasteiger partial charge in [0.2, 0.25) is 5.91 Å². The molecule has 0 unspecified atom stereocenters. The SMILES string of the molecule is N#CCCN(Cc1ccco1)C(=O)CSc1nnc2c(Cl)cc(Cl)cn12. The van der Waals surface area contributed by atoms with E-state index >= 15 is 0 Å². The first-order chi connectivity index (χ1) is 12.6. The van der Waals surface area contributed by atoms with Crippen LogP contribution in [0.1, 0.15) is 12.2 Å². The van der Waals surface area contributed by atoms with Crippen molar-refractivity contribution in [3.8, 4) is 6.07 Å². The van der Waals surface area contributed by atoms with E-state index in [2.05, 4.69) is 16.3 Å². The molecular weight excluding hydrogens is 397 g/mol. The van der Waals surface area contributed by atoms with E-state index in [1.165, 1.54) is 11.8 Å². The molecule has 3 rings (SSSR count). The Hall–Kier alpha value is -2.21. The zero-order valence-electron chi connectivity index (χ0n) is 13.4. The normalized spacial score (nSPS) is 10.8. The van der Waals surface area contributed by atoms with E-state index in [4.69, 9.17) is 32.9 Å². The lowest BCUT2D eigenvalue weighted by atomic mass is 10.3. The van der Waals surface area contributed by atoms with E-state index in [-0.39, 0.29) is 18.1 Å². The number of aromatic nitrogens is 3. The van der Waals surface area contributed by atoms with Crippen molar-refractivity contribution in [3.05, 3.63) is 46.5 Å². The van der Waals surface area contributed by atoms with Crippen LogP contribution in [0.25, 0.3) is 5.65 Å². The van der Waals surface area contributed by atoms with Crippen LogP contribution in [0.3, 0.4) is 0 Å². The summed E-state index contributed by atoms with van der Waals surface area (Å²) in [6.45, 7) is 0.640. The molecule has 0 atom stereocenters. The van der Waals surface area contributed by atoms with E-state index in [1.54, 1.807) is 40.0 Å². The van der Waals surface area contributed by atoms with E-state index in [1.807, 2.05) is 0 Å². The number of hydrogen-bond donors (Lipinski definition) is 0. The predicted molar refractivity (Wildman–Crippen MR) is 98.1 cm³/mol. The van der Waals surface area contributed by atoms with Crippen molar-refractivity contribution in [1.29, 1.82) is 5.26 Å². The highest BCUT2D eigenvalue weighted by atomic mass is 35.5. The molecule has 3 heterocycles. The van der Waals surface area contributed by atoms with E-state index in [0.717, 1.165) is 0 Å². The molecule has 0 fully saturated rings. The van der Waals surface area contributed by atoms with Gasteiger partial charge in [0.15, 0.2) is 10.8 Å². The molecule has 0 radical (unpaired) electrons. The number of halogens is 2.